The van der Waals surface area contributed by atoms with E-state index in [0.717, 1.165) is 5.39 Å². The predicted molar refractivity (Wildman–Crippen MR) is 64.2 cm³/mol. The quantitative estimate of drug-likeness (QED) is 0.813. The Bertz CT molecular complexity index is 495. The molecule has 3 nitrogen and oxygen atoms in total. The van der Waals surface area contributed by atoms with Crippen LogP contribution in [-0.2, 0) is 4.74 Å². The summed E-state index contributed by atoms with van der Waals surface area (Å²) in [6.07, 6.45) is 0.691. The van der Waals surface area contributed by atoms with Gasteiger partial charge in [0.2, 0.25) is 0 Å². The minimum Gasteiger partial charge on any atom is -0.459 e. The van der Waals surface area contributed by atoms with Gasteiger partial charge in [-0.3, -0.25) is 0 Å². The first-order valence-electron chi connectivity index (χ1n) is 5.73. The molecular formula is C13H16FNO2. The fraction of sp³-hybridized carbons (Fsp3) is 0.385. The number of ether oxygens (including phenoxy) is 1. The van der Waals surface area contributed by atoms with Gasteiger partial charge in [0, 0.05) is 18.6 Å². The fourth-order valence-corrected chi connectivity index (χ4v) is 1.71. The Morgan fingerprint density at radius 1 is 1.41 bits per heavy atom. The number of furan rings is 1. The van der Waals surface area contributed by atoms with Crippen LogP contribution in [0.1, 0.15) is 25.1 Å². The number of hydrogen-bond acceptors (Lipinski definition) is 3. The number of nitrogens with two attached hydrogens (primary N) is 1. The van der Waals surface area contributed by atoms with Gasteiger partial charge < -0.3 is 14.9 Å². The van der Waals surface area contributed by atoms with Crippen LogP contribution < -0.4 is 5.73 Å². The Labute approximate surface area is 99.4 Å². The lowest BCUT2D eigenvalue weighted by atomic mass is 10.1. The van der Waals surface area contributed by atoms with Crippen LogP contribution in [0.5, 0.6) is 0 Å². The zero-order valence-corrected chi connectivity index (χ0v) is 9.78. The van der Waals surface area contributed by atoms with Crippen molar-refractivity contribution in [2.45, 2.75) is 19.4 Å². The van der Waals surface area contributed by atoms with Gasteiger partial charge in [-0.15, -0.1) is 0 Å². The molecular weight excluding hydrogens is 221 g/mol. The number of hydrogen-bond donors (Lipinski definition) is 1. The molecule has 4 heteroatoms. The molecule has 0 aliphatic rings. The monoisotopic (exact) mass is 237 g/mol. The van der Waals surface area contributed by atoms with Crippen molar-refractivity contribution in [2.75, 3.05) is 13.2 Å². The molecule has 2 rings (SSSR count). The van der Waals surface area contributed by atoms with Crippen LogP contribution >= 0.6 is 0 Å². The molecule has 0 aliphatic heterocycles. The van der Waals surface area contributed by atoms with Gasteiger partial charge in [0.05, 0.1) is 6.04 Å². The highest BCUT2D eigenvalue weighted by molar-refractivity contribution is 5.77. The molecule has 1 atom stereocenters. The first-order valence-corrected chi connectivity index (χ1v) is 5.73. The SMILES string of the molecule is CCOCCC(N)c1cc2cc(F)ccc2o1. The molecule has 2 N–H and O–H groups in total. The summed E-state index contributed by atoms with van der Waals surface area (Å²) in [5, 5.41) is 0.742. The van der Waals surface area contributed by atoms with Crippen LogP contribution in [-0.4, -0.2) is 13.2 Å². The smallest absolute Gasteiger partial charge is 0.134 e. The zero-order valence-electron chi connectivity index (χ0n) is 9.78. The normalized spacial score (nSPS) is 13.1. The van der Waals surface area contributed by atoms with E-state index in [0.29, 0.717) is 31.0 Å². The summed E-state index contributed by atoms with van der Waals surface area (Å²) in [7, 11) is 0. The Hall–Kier alpha value is -1.39. The van der Waals surface area contributed by atoms with E-state index in [1.54, 1.807) is 12.1 Å². The number of fused-ring (bicyclic) bond motifs is 1. The predicted octanol–water partition coefficient (Wildman–Crippen LogP) is 3.00. The summed E-state index contributed by atoms with van der Waals surface area (Å²) in [5.74, 6) is 0.401. The van der Waals surface area contributed by atoms with E-state index in [1.165, 1.54) is 12.1 Å². The molecule has 92 valence electrons. The molecule has 0 saturated heterocycles. The second kappa shape index (κ2) is 5.29. The third kappa shape index (κ3) is 2.84. The van der Waals surface area contributed by atoms with E-state index in [-0.39, 0.29) is 11.9 Å². The van der Waals surface area contributed by atoms with Gasteiger partial charge in [0.25, 0.3) is 0 Å². The van der Waals surface area contributed by atoms with E-state index in [4.69, 9.17) is 14.9 Å². The standard InChI is InChI=1S/C13H16FNO2/c1-2-16-6-5-11(15)13-8-9-7-10(14)3-4-12(9)17-13/h3-4,7-8,11H,2,5-6,15H2,1H3. The topological polar surface area (TPSA) is 48.4 Å². The van der Waals surface area contributed by atoms with Gasteiger partial charge in [0.1, 0.15) is 17.2 Å². The molecule has 0 spiro atoms. The van der Waals surface area contributed by atoms with Gasteiger partial charge >= 0.3 is 0 Å². The summed E-state index contributed by atoms with van der Waals surface area (Å²) in [4.78, 5) is 0. The minimum atomic E-state index is -0.271. The van der Waals surface area contributed by atoms with Gasteiger partial charge in [-0.2, -0.15) is 0 Å². The van der Waals surface area contributed by atoms with Crippen LogP contribution in [0.2, 0.25) is 0 Å². The molecule has 0 saturated carbocycles. The van der Waals surface area contributed by atoms with Crippen molar-refractivity contribution in [3.63, 3.8) is 0 Å². The highest BCUT2D eigenvalue weighted by Crippen LogP contribution is 2.25. The molecule has 0 aliphatic carbocycles. The van der Waals surface area contributed by atoms with Crippen molar-refractivity contribution >= 4 is 11.0 Å². The average molecular weight is 237 g/mol. The Balaban J connectivity index is 2.12. The van der Waals surface area contributed by atoms with Gasteiger partial charge in [-0.25, -0.2) is 4.39 Å². The molecule has 0 radical (unpaired) electrons. The van der Waals surface area contributed by atoms with Gasteiger partial charge in [-0.1, -0.05) is 0 Å². The van der Waals surface area contributed by atoms with Crippen molar-refractivity contribution in [2.24, 2.45) is 5.73 Å². The van der Waals surface area contributed by atoms with E-state index in [1.807, 2.05) is 6.92 Å². The lowest BCUT2D eigenvalue weighted by Crippen LogP contribution is -2.12. The van der Waals surface area contributed by atoms with Crippen molar-refractivity contribution < 1.29 is 13.5 Å². The second-order valence-electron chi connectivity index (χ2n) is 3.92. The van der Waals surface area contributed by atoms with Crippen LogP contribution in [0.15, 0.2) is 28.7 Å². The summed E-state index contributed by atoms with van der Waals surface area (Å²) in [5.41, 5.74) is 6.63. The van der Waals surface area contributed by atoms with Crippen molar-refractivity contribution in [3.8, 4) is 0 Å². The Kier molecular flexibility index (Phi) is 3.76. The number of halogens is 1. The van der Waals surface area contributed by atoms with Crippen LogP contribution in [0, 0.1) is 5.82 Å². The molecule has 1 aromatic heterocycles. The first-order chi connectivity index (χ1) is 8.20. The van der Waals surface area contributed by atoms with Crippen molar-refractivity contribution in [3.05, 3.63) is 35.8 Å². The minimum absolute atomic E-state index is 0.211. The van der Waals surface area contributed by atoms with Gasteiger partial charge in [0.15, 0.2) is 0 Å². The highest BCUT2D eigenvalue weighted by Gasteiger charge is 2.12. The molecule has 2 aromatic rings. The summed E-state index contributed by atoms with van der Waals surface area (Å²) in [6, 6.07) is 6.01. The van der Waals surface area contributed by atoms with E-state index < -0.39 is 0 Å². The van der Waals surface area contributed by atoms with Crippen LogP contribution in [0.25, 0.3) is 11.0 Å². The third-order valence-electron chi connectivity index (χ3n) is 2.64. The first kappa shape index (κ1) is 12.1. The Morgan fingerprint density at radius 3 is 3.00 bits per heavy atom. The maximum absolute atomic E-state index is 13.0. The molecule has 1 aromatic carbocycles. The molecule has 1 heterocycles. The summed E-state index contributed by atoms with van der Waals surface area (Å²) in [6.45, 7) is 3.22. The van der Waals surface area contributed by atoms with Gasteiger partial charge in [-0.05, 0) is 37.6 Å². The van der Waals surface area contributed by atoms with E-state index in [2.05, 4.69) is 0 Å². The second-order valence-corrected chi connectivity index (χ2v) is 3.92. The molecule has 17 heavy (non-hydrogen) atoms. The largest absolute Gasteiger partial charge is 0.459 e. The number of rotatable bonds is 5. The highest BCUT2D eigenvalue weighted by atomic mass is 19.1. The average Bonchev–Trinajstić information content (AvgIpc) is 2.72. The molecule has 1 unspecified atom stereocenters. The summed E-state index contributed by atoms with van der Waals surface area (Å²) >= 11 is 0. The lowest BCUT2D eigenvalue weighted by molar-refractivity contribution is 0.138. The Morgan fingerprint density at radius 2 is 2.24 bits per heavy atom. The third-order valence-corrected chi connectivity index (χ3v) is 2.64. The molecule has 0 fully saturated rings. The van der Waals surface area contributed by atoms with Crippen molar-refractivity contribution in [1.82, 2.24) is 0 Å². The van der Waals surface area contributed by atoms with Crippen LogP contribution in [0.3, 0.4) is 0 Å². The van der Waals surface area contributed by atoms with Crippen molar-refractivity contribution in [1.29, 1.82) is 0 Å². The molecule has 0 bridgehead atoms. The number of benzene rings is 1. The summed E-state index contributed by atoms with van der Waals surface area (Å²) < 4.78 is 23.8. The lowest BCUT2D eigenvalue weighted by Gasteiger charge is -2.07. The fourth-order valence-electron chi connectivity index (χ4n) is 1.71. The maximum Gasteiger partial charge on any atom is 0.134 e. The molecule has 0 amide bonds. The zero-order chi connectivity index (χ0) is 12.3. The van der Waals surface area contributed by atoms with Crippen LogP contribution in [0.4, 0.5) is 4.39 Å². The van der Waals surface area contributed by atoms with E-state index >= 15 is 0 Å². The van der Waals surface area contributed by atoms with E-state index in [9.17, 15) is 4.39 Å². The maximum atomic E-state index is 13.0.